The van der Waals surface area contributed by atoms with Crippen molar-refractivity contribution in [3.8, 4) is 10.8 Å². The van der Waals surface area contributed by atoms with Crippen molar-refractivity contribution in [2.45, 2.75) is 110 Å². The normalized spacial score (nSPS) is 19.9. The average Bonchev–Trinajstić information content (AvgIpc) is 4.06. The van der Waals surface area contributed by atoms with Gasteiger partial charge < -0.3 is 44.7 Å². The van der Waals surface area contributed by atoms with Gasteiger partial charge in [0.05, 0.1) is 57.8 Å². The quantitative estimate of drug-likeness (QED) is 0.0648. The van der Waals surface area contributed by atoms with Crippen LogP contribution in [-0.4, -0.2) is 152 Å². The van der Waals surface area contributed by atoms with E-state index in [-0.39, 0.29) is 42.1 Å². The van der Waals surface area contributed by atoms with E-state index in [9.17, 15) is 14.4 Å². The number of aliphatic imine (C=N–C) groups is 1. The first-order valence-electron chi connectivity index (χ1n) is 26.1. The third kappa shape index (κ3) is 13.5. The molecule has 1 aliphatic carbocycles. The van der Waals surface area contributed by atoms with Crippen LogP contribution in [0.15, 0.2) is 53.5 Å². The number of hydrogen-bond acceptors (Lipinski definition) is 13. The maximum absolute atomic E-state index is 14.2. The minimum absolute atomic E-state index is 0.0957. The van der Waals surface area contributed by atoms with Gasteiger partial charge in [0.1, 0.15) is 35.3 Å². The molecule has 2 aromatic heterocycles. The molecule has 0 radical (unpaired) electrons. The molecule has 5 heterocycles. The van der Waals surface area contributed by atoms with Crippen LogP contribution in [0.1, 0.15) is 103 Å². The van der Waals surface area contributed by atoms with Crippen molar-refractivity contribution < 1.29 is 33.3 Å². The van der Waals surface area contributed by atoms with E-state index in [0.29, 0.717) is 69.6 Å². The number of hydrogen-bond donors (Lipinski definition) is 3. The Kier molecular flexibility index (Phi) is 19.3. The Morgan fingerprint density at radius 2 is 1.54 bits per heavy atom. The lowest BCUT2D eigenvalue weighted by molar-refractivity contribution is -0.140. The van der Waals surface area contributed by atoms with Crippen LogP contribution in [0.4, 0.5) is 0 Å². The molecule has 390 valence electrons. The number of nitrogens with zero attached hydrogens (tertiary/aromatic N) is 6. The summed E-state index contributed by atoms with van der Waals surface area (Å²) in [7, 11) is 1.78. The number of nitrogens with one attached hydrogen (secondary N) is 3. The minimum atomic E-state index is -0.538. The number of ether oxygens (including phenoxy) is 4. The third-order valence-electron chi connectivity index (χ3n) is 14.9. The summed E-state index contributed by atoms with van der Waals surface area (Å²) in [6, 6.07) is 14.8. The molecule has 0 unspecified atom stereocenters. The van der Waals surface area contributed by atoms with Gasteiger partial charge in [-0.3, -0.25) is 23.9 Å². The van der Waals surface area contributed by atoms with Gasteiger partial charge in [0.2, 0.25) is 17.7 Å². The smallest absolute Gasteiger partial charge is 0.245 e. The van der Waals surface area contributed by atoms with Crippen LogP contribution < -0.4 is 20.7 Å². The zero-order valence-electron chi connectivity index (χ0n) is 42.8. The van der Waals surface area contributed by atoms with Gasteiger partial charge in [-0.15, -0.1) is 21.5 Å². The molecule has 2 saturated heterocycles. The maximum atomic E-state index is 14.2. The number of likely N-dealkylation sites (N-methyl/N-ethyl adjacent to an activating group) is 1. The van der Waals surface area contributed by atoms with Crippen LogP contribution in [0.2, 0.25) is 5.02 Å². The van der Waals surface area contributed by atoms with Crippen LogP contribution in [0.25, 0.3) is 5.00 Å². The van der Waals surface area contributed by atoms with E-state index in [2.05, 4.69) is 61.9 Å². The van der Waals surface area contributed by atoms with Crippen LogP contribution in [0.5, 0.6) is 5.75 Å². The molecule has 1 saturated carbocycles. The number of carbonyl (C=O) groups excluding carboxylic acids is 3. The van der Waals surface area contributed by atoms with Crippen LogP contribution in [-0.2, 0) is 35.0 Å². The zero-order chi connectivity index (χ0) is 50.6. The van der Waals surface area contributed by atoms with Crippen LogP contribution in [0.3, 0.4) is 0 Å². The number of aryl methyl sites for hydroxylation is 2. The van der Waals surface area contributed by atoms with Gasteiger partial charge in [0.15, 0.2) is 5.82 Å². The molecule has 3 amide bonds. The molecule has 8 rings (SSSR count). The summed E-state index contributed by atoms with van der Waals surface area (Å²) in [5, 5.41) is 19.7. The molecule has 0 bridgehead atoms. The number of carbonyl (C=O) groups is 3. The molecule has 4 aromatic rings. The van der Waals surface area contributed by atoms with Crippen molar-refractivity contribution in [2.75, 3.05) is 86.0 Å². The second kappa shape index (κ2) is 26.0. The first-order chi connectivity index (χ1) is 35.0. The van der Waals surface area contributed by atoms with Crippen molar-refractivity contribution in [3.05, 3.63) is 92.3 Å². The summed E-state index contributed by atoms with van der Waals surface area (Å²) < 4.78 is 25.1. The first-order valence-corrected chi connectivity index (χ1v) is 27.3. The number of piperidine rings is 1. The predicted octanol–water partition coefficient (Wildman–Crippen LogP) is 6.57. The SMILES string of the molecule is CN[C@@H](C)C(=O)N[C@H](C(=O)N1CC[C@@H]2CCN(CCc3ccc(OCCOCCOCCOCCNC(=O)C[C@@H]4N=C(c5ccc(Cl)cc5)c5c(sc(C)c5C)-n5c(C)nnc54)cc3)C[C@@H]21)C1CCCCC1. The largest absolute Gasteiger partial charge is 0.491 e. The van der Waals surface area contributed by atoms with E-state index in [4.69, 9.17) is 35.5 Å². The number of fused-ring (bicyclic) bond motifs is 4. The first kappa shape index (κ1) is 53.5. The summed E-state index contributed by atoms with van der Waals surface area (Å²) >= 11 is 7.92. The van der Waals surface area contributed by atoms with Gasteiger partial charge in [-0.25, -0.2) is 0 Å². The Labute approximate surface area is 433 Å². The molecule has 3 fully saturated rings. The third-order valence-corrected chi connectivity index (χ3v) is 16.4. The Bertz CT molecular complexity index is 2460. The van der Waals surface area contributed by atoms with E-state index in [1.165, 1.54) is 16.9 Å². The lowest BCUT2D eigenvalue weighted by Gasteiger charge is -2.41. The molecule has 18 heteroatoms. The van der Waals surface area contributed by atoms with Gasteiger partial charge in [-0.2, -0.15) is 0 Å². The summed E-state index contributed by atoms with van der Waals surface area (Å²) in [6.07, 6.45) is 8.61. The van der Waals surface area contributed by atoms with E-state index < -0.39 is 12.1 Å². The summed E-state index contributed by atoms with van der Waals surface area (Å²) in [6.45, 7) is 14.9. The van der Waals surface area contributed by atoms with E-state index in [1.54, 1.807) is 18.4 Å². The van der Waals surface area contributed by atoms with Crippen molar-refractivity contribution in [1.29, 1.82) is 0 Å². The predicted molar refractivity (Wildman–Crippen MR) is 281 cm³/mol. The Morgan fingerprint density at radius 3 is 2.26 bits per heavy atom. The molecule has 2 aromatic carbocycles. The zero-order valence-corrected chi connectivity index (χ0v) is 44.3. The van der Waals surface area contributed by atoms with Crippen molar-refractivity contribution >= 4 is 46.4 Å². The summed E-state index contributed by atoms with van der Waals surface area (Å²) in [5.74, 6) is 2.79. The molecule has 72 heavy (non-hydrogen) atoms. The van der Waals surface area contributed by atoms with Gasteiger partial charge >= 0.3 is 0 Å². The van der Waals surface area contributed by atoms with Crippen LogP contribution in [0, 0.1) is 32.6 Å². The Balaban J connectivity index is 0.676. The monoisotopic (exact) mass is 1030 g/mol. The molecular formula is C54H74ClN9O7S. The van der Waals surface area contributed by atoms with Crippen LogP contribution >= 0.6 is 22.9 Å². The number of benzene rings is 2. The highest BCUT2D eigenvalue weighted by atomic mass is 35.5. The Hall–Kier alpha value is -4.75. The second-order valence-electron chi connectivity index (χ2n) is 19.7. The summed E-state index contributed by atoms with van der Waals surface area (Å²) in [4.78, 5) is 51.5. The fourth-order valence-electron chi connectivity index (χ4n) is 10.6. The van der Waals surface area contributed by atoms with Crippen molar-refractivity contribution in [3.63, 3.8) is 0 Å². The number of halogens is 1. The van der Waals surface area contributed by atoms with E-state index in [1.807, 2.05) is 54.8 Å². The average molecular weight is 1030 g/mol. The fraction of sp³-hybridized carbons (Fsp3) is 0.593. The van der Waals surface area contributed by atoms with E-state index in [0.717, 1.165) is 110 Å². The summed E-state index contributed by atoms with van der Waals surface area (Å²) in [5.41, 5.74) is 5.15. The topological polar surface area (TPSA) is 174 Å². The molecule has 3 aliphatic heterocycles. The number of thiophene rings is 1. The van der Waals surface area contributed by atoms with Gasteiger partial charge in [0, 0.05) is 53.2 Å². The lowest BCUT2D eigenvalue weighted by atomic mass is 9.83. The number of amides is 3. The number of likely N-dealkylation sites (tertiary alicyclic amines) is 2. The standard InChI is InChI=1S/C54H74ClN9O7S/c1-35-37(3)72-54-48(35)49(42-13-15-43(55)16-14-42)58-45(51-61-60-38(4)64(51)54)33-47(65)57-22-26-68-27-28-69-29-30-70-31-32-71-44-17-11-39(12-18-44)19-23-62-24-20-40-21-25-63(46(40)34-62)53(67)50(41-9-7-6-8-10-41)59-52(66)36(2)56-5/h11-18,36,40-41,45-46,50,56H,6-10,19-34H2,1-5H3,(H,57,65)(H,59,66)/t36-,40-,45-,46-,50-/m0/s1. The van der Waals surface area contributed by atoms with Gasteiger partial charge in [0.25, 0.3) is 0 Å². The highest BCUT2D eigenvalue weighted by Gasteiger charge is 2.44. The highest BCUT2D eigenvalue weighted by Crippen LogP contribution is 2.40. The highest BCUT2D eigenvalue weighted by molar-refractivity contribution is 7.15. The van der Waals surface area contributed by atoms with Crippen molar-refractivity contribution in [2.24, 2.45) is 16.8 Å². The molecule has 5 atom stereocenters. The van der Waals surface area contributed by atoms with E-state index >= 15 is 0 Å². The molecule has 16 nitrogen and oxygen atoms in total. The molecular weight excluding hydrogens is 954 g/mol. The maximum Gasteiger partial charge on any atom is 0.245 e. The Morgan fingerprint density at radius 1 is 0.847 bits per heavy atom. The van der Waals surface area contributed by atoms with Gasteiger partial charge in [-0.05, 0) is 121 Å². The van der Waals surface area contributed by atoms with Crippen molar-refractivity contribution in [1.82, 2.24) is 40.5 Å². The van der Waals surface area contributed by atoms with Gasteiger partial charge in [-0.1, -0.05) is 55.1 Å². The number of rotatable bonds is 24. The molecule has 0 spiro atoms. The molecule has 4 aliphatic rings. The minimum Gasteiger partial charge on any atom is -0.491 e. The number of aromatic nitrogens is 3. The fourth-order valence-corrected chi connectivity index (χ4v) is 11.9. The lowest BCUT2D eigenvalue weighted by Crippen LogP contribution is -2.58. The molecule has 3 N–H and O–H groups in total. The second-order valence-corrected chi connectivity index (χ2v) is 21.3.